The van der Waals surface area contributed by atoms with Crippen molar-refractivity contribution in [3.63, 3.8) is 0 Å². The highest BCUT2D eigenvalue weighted by molar-refractivity contribution is 9.10. The smallest absolute Gasteiger partial charge is 0.250 e. The summed E-state index contributed by atoms with van der Waals surface area (Å²) in [5, 5.41) is 4.18. The summed E-state index contributed by atoms with van der Waals surface area (Å²) in [4.78, 5) is 12.1. The van der Waals surface area contributed by atoms with Crippen LogP contribution in [0.25, 0.3) is 5.69 Å². The number of rotatable bonds is 7. The maximum Gasteiger partial charge on any atom is 0.250 e. The van der Waals surface area contributed by atoms with Gasteiger partial charge in [-0.25, -0.2) is 5.43 Å². The van der Waals surface area contributed by atoms with Crippen molar-refractivity contribution in [2.45, 2.75) is 26.5 Å². The average Bonchev–Trinajstić information content (AvgIpc) is 2.92. The summed E-state index contributed by atoms with van der Waals surface area (Å²) >= 11 is 8.76. The van der Waals surface area contributed by atoms with E-state index in [1.807, 2.05) is 18.2 Å². The van der Waals surface area contributed by atoms with Gasteiger partial charge >= 0.3 is 0 Å². The fraction of sp³-hybridized carbons (Fsp3) is 0.217. The molecule has 3 aromatic rings. The lowest BCUT2D eigenvalue weighted by Gasteiger charge is -2.10. The van der Waals surface area contributed by atoms with Crippen LogP contribution in [-0.4, -0.2) is 22.4 Å². The van der Waals surface area contributed by atoms with Gasteiger partial charge in [-0.2, -0.15) is 5.10 Å². The van der Waals surface area contributed by atoms with Gasteiger partial charge in [0.2, 0.25) is 5.91 Å². The van der Waals surface area contributed by atoms with Gasteiger partial charge in [-0.05, 0) is 66.0 Å². The van der Waals surface area contributed by atoms with Crippen molar-refractivity contribution in [3.8, 4) is 5.69 Å². The number of nitrogens with one attached hydrogen (secondary N) is 1. The van der Waals surface area contributed by atoms with Gasteiger partial charge in [-0.3, -0.25) is 4.79 Å². The SMILES string of the molecule is Cc1cccc(-n2c(C)c(Br)c(/C=N\NC(=O)CSCc3ccccc3Br)c2C)c1. The molecule has 1 aromatic heterocycles. The second-order valence-corrected chi connectivity index (χ2v) is 9.58. The van der Waals surface area contributed by atoms with Crippen LogP contribution in [0.2, 0.25) is 0 Å². The van der Waals surface area contributed by atoms with E-state index in [4.69, 9.17) is 0 Å². The Morgan fingerprint density at radius 2 is 1.87 bits per heavy atom. The zero-order valence-electron chi connectivity index (χ0n) is 17.1. The number of nitrogens with zero attached hydrogens (tertiary/aromatic N) is 2. The van der Waals surface area contributed by atoms with Crippen LogP contribution in [0.1, 0.15) is 28.1 Å². The lowest BCUT2D eigenvalue weighted by molar-refractivity contribution is -0.118. The van der Waals surface area contributed by atoms with E-state index in [9.17, 15) is 4.79 Å². The predicted molar refractivity (Wildman–Crippen MR) is 134 cm³/mol. The Morgan fingerprint density at radius 1 is 1.10 bits per heavy atom. The lowest BCUT2D eigenvalue weighted by atomic mass is 10.2. The molecule has 30 heavy (non-hydrogen) atoms. The molecule has 0 aliphatic carbocycles. The average molecular weight is 549 g/mol. The molecular formula is C23H23Br2N3OS. The molecule has 0 radical (unpaired) electrons. The third kappa shape index (κ3) is 5.45. The molecule has 1 heterocycles. The summed E-state index contributed by atoms with van der Waals surface area (Å²) in [7, 11) is 0. The summed E-state index contributed by atoms with van der Waals surface area (Å²) in [5.74, 6) is 0.996. The van der Waals surface area contributed by atoms with Crippen LogP contribution in [0.15, 0.2) is 62.6 Å². The number of hydrogen-bond acceptors (Lipinski definition) is 3. The normalized spacial score (nSPS) is 11.2. The molecule has 1 N–H and O–H groups in total. The van der Waals surface area contributed by atoms with Gasteiger partial charge in [0.25, 0.3) is 0 Å². The third-order valence-corrected chi connectivity index (χ3v) is 7.46. The summed E-state index contributed by atoms with van der Waals surface area (Å²) in [6, 6.07) is 16.4. The highest BCUT2D eigenvalue weighted by atomic mass is 79.9. The molecule has 3 rings (SSSR count). The molecule has 4 nitrogen and oxygen atoms in total. The Hall–Kier alpha value is -1.83. The Kier molecular flexibility index (Phi) is 7.97. The number of aryl methyl sites for hydroxylation is 1. The van der Waals surface area contributed by atoms with E-state index >= 15 is 0 Å². The van der Waals surface area contributed by atoms with Crippen LogP contribution >= 0.6 is 43.6 Å². The van der Waals surface area contributed by atoms with Gasteiger partial charge in [-0.1, -0.05) is 46.3 Å². The number of benzene rings is 2. The van der Waals surface area contributed by atoms with Gasteiger partial charge in [-0.15, -0.1) is 11.8 Å². The first-order valence-corrected chi connectivity index (χ1v) is 12.2. The molecule has 0 saturated carbocycles. The molecule has 0 bridgehead atoms. The Balaban J connectivity index is 1.63. The number of hydrazone groups is 1. The zero-order valence-corrected chi connectivity index (χ0v) is 21.1. The first-order valence-electron chi connectivity index (χ1n) is 9.46. The van der Waals surface area contributed by atoms with E-state index in [1.54, 1.807) is 18.0 Å². The molecule has 156 valence electrons. The quantitative estimate of drug-likeness (QED) is 0.278. The van der Waals surface area contributed by atoms with Gasteiger partial charge in [0.05, 0.1) is 12.0 Å². The number of carbonyl (C=O) groups is 1. The topological polar surface area (TPSA) is 46.4 Å². The summed E-state index contributed by atoms with van der Waals surface area (Å²) < 4.78 is 4.22. The van der Waals surface area contributed by atoms with Crippen LogP contribution < -0.4 is 5.43 Å². The highest BCUT2D eigenvalue weighted by Gasteiger charge is 2.15. The van der Waals surface area contributed by atoms with Crippen molar-refractivity contribution in [3.05, 3.63) is 85.6 Å². The van der Waals surface area contributed by atoms with Crippen molar-refractivity contribution in [1.29, 1.82) is 0 Å². The number of amides is 1. The predicted octanol–water partition coefficient (Wildman–Crippen LogP) is 6.31. The molecule has 0 saturated heterocycles. The fourth-order valence-corrected chi connectivity index (χ4v) is 5.20. The third-order valence-electron chi connectivity index (χ3n) is 4.71. The van der Waals surface area contributed by atoms with Crippen LogP contribution in [0.3, 0.4) is 0 Å². The first-order chi connectivity index (χ1) is 14.4. The number of carbonyl (C=O) groups excluding carboxylic acids is 1. The number of thioether (sulfide) groups is 1. The van der Waals surface area contributed by atoms with Crippen molar-refractivity contribution in [1.82, 2.24) is 9.99 Å². The maximum absolute atomic E-state index is 12.1. The van der Waals surface area contributed by atoms with E-state index in [0.717, 1.165) is 37.3 Å². The number of hydrogen-bond donors (Lipinski definition) is 1. The second kappa shape index (κ2) is 10.5. The van der Waals surface area contributed by atoms with E-state index < -0.39 is 0 Å². The van der Waals surface area contributed by atoms with Crippen molar-refractivity contribution in [2.75, 3.05) is 5.75 Å². The minimum absolute atomic E-state index is 0.119. The minimum Gasteiger partial charge on any atom is -0.317 e. The summed E-state index contributed by atoms with van der Waals surface area (Å²) in [6.07, 6.45) is 1.70. The lowest BCUT2D eigenvalue weighted by Crippen LogP contribution is -2.19. The highest BCUT2D eigenvalue weighted by Crippen LogP contribution is 2.29. The molecule has 0 aliphatic rings. The molecule has 7 heteroatoms. The van der Waals surface area contributed by atoms with E-state index in [1.165, 1.54) is 11.1 Å². The summed E-state index contributed by atoms with van der Waals surface area (Å²) in [5.41, 5.74) is 9.23. The Bertz CT molecular complexity index is 1090. The minimum atomic E-state index is -0.119. The molecule has 2 aromatic carbocycles. The standard InChI is InChI=1S/C23H23Br2N3OS/c1-15-7-6-9-19(11-15)28-16(2)20(23(25)17(28)3)12-26-27-22(29)14-30-13-18-8-4-5-10-21(18)24/h4-12H,13-14H2,1-3H3,(H,27,29)/b26-12-. The van der Waals surface area contributed by atoms with Gasteiger partial charge in [0.1, 0.15) is 0 Å². The first kappa shape index (κ1) is 22.8. The van der Waals surface area contributed by atoms with Crippen LogP contribution in [0.5, 0.6) is 0 Å². The molecule has 0 spiro atoms. The van der Waals surface area contributed by atoms with E-state index in [2.05, 4.69) is 98.1 Å². The second-order valence-electron chi connectivity index (χ2n) is 6.95. The van der Waals surface area contributed by atoms with E-state index in [-0.39, 0.29) is 5.91 Å². The Morgan fingerprint density at radius 3 is 2.60 bits per heavy atom. The van der Waals surface area contributed by atoms with Crippen molar-refractivity contribution in [2.24, 2.45) is 5.10 Å². The number of halogens is 2. The largest absolute Gasteiger partial charge is 0.317 e. The fourth-order valence-electron chi connectivity index (χ4n) is 3.20. The maximum atomic E-state index is 12.1. The van der Waals surface area contributed by atoms with Crippen LogP contribution in [0.4, 0.5) is 0 Å². The van der Waals surface area contributed by atoms with Gasteiger partial charge < -0.3 is 4.57 Å². The molecule has 1 amide bonds. The molecule has 0 fully saturated rings. The molecule has 0 unspecified atom stereocenters. The summed E-state index contributed by atoms with van der Waals surface area (Å²) in [6.45, 7) is 6.20. The van der Waals surface area contributed by atoms with Gasteiger partial charge in [0, 0.05) is 37.3 Å². The van der Waals surface area contributed by atoms with E-state index in [0.29, 0.717) is 5.75 Å². The zero-order chi connectivity index (χ0) is 21.7. The molecule has 0 aliphatic heterocycles. The molecular weight excluding hydrogens is 526 g/mol. The van der Waals surface area contributed by atoms with Crippen molar-refractivity contribution < 1.29 is 4.79 Å². The number of aromatic nitrogens is 1. The molecule has 0 atom stereocenters. The van der Waals surface area contributed by atoms with Gasteiger partial charge in [0.15, 0.2) is 0 Å². The van der Waals surface area contributed by atoms with Crippen LogP contribution in [-0.2, 0) is 10.5 Å². The Labute approximate surface area is 198 Å². The van der Waals surface area contributed by atoms with Crippen molar-refractivity contribution >= 4 is 55.7 Å². The van der Waals surface area contributed by atoms with Crippen LogP contribution in [0, 0.1) is 20.8 Å². The monoisotopic (exact) mass is 547 g/mol.